The highest BCUT2D eigenvalue weighted by Crippen LogP contribution is 2.16. The summed E-state index contributed by atoms with van der Waals surface area (Å²) in [6.45, 7) is 6.22. The quantitative estimate of drug-likeness (QED) is 0.713. The van der Waals surface area contributed by atoms with Gasteiger partial charge in [-0.3, -0.25) is 4.98 Å². The molecule has 0 atom stereocenters. The SMILES string of the molecule is COc1nc(C)cnc1CC(C)C. The molecule has 1 heterocycles. The first kappa shape index (κ1) is 9.96. The molecule has 3 heteroatoms. The van der Waals surface area contributed by atoms with Crippen LogP contribution in [0, 0.1) is 12.8 Å². The van der Waals surface area contributed by atoms with E-state index < -0.39 is 0 Å². The molecule has 0 aromatic carbocycles. The van der Waals surface area contributed by atoms with Gasteiger partial charge in [-0.15, -0.1) is 0 Å². The number of aryl methyl sites for hydroxylation is 1. The summed E-state index contributed by atoms with van der Waals surface area (Å²) in [6.07, 6.45) is 2.69. The van der Waals surface area contributed by atoms with E-state index in [1.165, 1.54) is 0 Å². The van der Waals surface area contributed by atoms with Crippen LogP contribution in [-0.4, -0.2) is 17.1 Å². The number of methoxy groups -OCH3 is 1. The van der Waals surface area contributed by atoms with Gasteiger partial charge >= 0.3 is 0 Å². The first-order chi connectivity index (χ1) is 6.13. The van der Waals surface area contributed by atoms with Crippen molar-refractivity contribution in [1.29, 1.82) is 0 Å². The second-order valence-electron chi connectivity index (χ2n) is 3.57. The van der Waals surface area contributed by atoms with Gasteiger partial charge in [-0.05, 0) is 19.3 Å². The summed E-state index contributed by atoms with van der Waals surface area (Å²) >= 11 is 0. The third-order valence-corrected chi connectivity index (χ3v) is 1.73. The molecule has 0 spiro atoms. The molecule has 13 heavy (non-hydrogen) atoms. The molecule has 0 fully saturated rings. The fourth-order valence-corrected chi connectivity index (χ4v) is 1.17. The second kappa shape index (κ2) is 4.21. The highest BCUT2D eigenvalue weighted by molar-refractivity contribution is 5.20. The molecule has 1 aromatic heterocycles. The van der Waals surface area contributed by atoms with E-state index in [-0.39, 0.29) is 0 Å². The molecule has 0 N–H and O–H groups in total. The lowest BCUT2D eigenvalue weighted by molar-refractivity contribution is 0.384. The van der Waals surface area contributed by atoms with Crippen LogP contribution in [-0.2, 0) is 6.42 Å². The van der Waals surface area contributed by atoms with Crippen LogP contribution < -0.4 is 4.74 Å². The van der Waals surface area contributed by atoms with Crippen molar-refractivity contribution in [1.82, 2.24) is 9.97 Å². The number of hydrogen-bond donors (Lipinski definition) is 0. The molecule has 1 rings (SSSR count). The lowest BCUT2D eigenvalue weighted by Gasteiger charge is -2.08. The van der Waals surface area contributed by atoms with E-state index in [2.05, 4.69) is 23.8 Å². The van der Waals surface area contributed by atoms with Crippen molar-refractivity contribution in [3.63, 3.8) is 0 Å². The van der Waals surface area contributed by atoms with Gasteiger partial charge in [0, 0.05) is 6.20 Å². The minimum atomic E-state index is 0.575. The van der Waals surface area contributed by atoms with E-state index in [0.29, 0.717) is 11.8 Å². The molecule has 0 radical (unpaired) electrons. The molecule has 0 saturated carbocycles. The zero-order chi connectivity index (χ0) is 9.84. The molecular formula is C10H16N2O. The zero-order valence-corrected chi connectivity index (χ0v) is 8.66. The first-order valence-electron chi connectivity index (χ1n) is 4.50. The van der Waals surface area contributed by atoms with E-state index in [1.807, 2.05) is 6.92 Å². The Morgan fingerprint density at radius 1 is 1.46 bits per heavy atom. The fraction of sp³-hybridized carbons (Fsp3) is 0.600. The maximum atomic E-state index is 5.15. The fourth-order valence-electron chi connectivity index (χ4n) is 1.17. The Morgan fingerprint density at radius 2 is 2.15 bits per heavy atom. The molecule has 1 aromatic rings. The number of rotatable bonds is 3. The Balaban J connectivity index is 2.92. The van der Waals surface area contributed by atoms with Crippen molar-refractivity contribution in [2.45, 2.75) is 27.2 Å². The number of ether oxygens (including phenoxy) is 1. The van der Waals surface area contributed by atoms with Crippen LogP contribution in [0.5, 0.6) is 5.88 Å². The summed E-state index contributed by atoms with van der Waals surface area (Å²) in [4.78, 5) is 8.56. The molecule has 3 nitrogen and oxygen atoms in total. The van der Waals surface area contributed by atoms with Gasteiger partial charge in [0.15, 0.2) is 0 Å². The van der Waals surface area contributed by atoms with Crippen molar-refractivity contribution in [3.8, 4) is 5.88 Å². The van der Waals surface area contributed by atoms with Gasteiger partial charge in [0.05, 0.1) is 12.8 Å². The molecule has 0 amide bonds. The average molecular weight is 180 g/mol. The third kappa shape index (κ3) is 2.68. The Morgan fingerprint density at radius 3 is 2.69 bits per heavy atom. The van der Waals surface area contributed by atoms with Gasteiger partial charge in [-0.25, -0.2) is 4.98 Å². The molecule has 0 saturated heterocycles. The molecule has 0 unspecified atom stereocenters. The largest absolute Gasteiger partial charge is 0.480 e. The molecule has 0 aliphatic rings. The van der Waals surface area contributed by atoms with Crippen molar-refractivity contribution in [2.75, 3.05) is 7.11 Å². The summed E-state index contributed by atoms with van der Waals surface area (Å²) in [5.74, 6) is 1.24. The minimum Gasteiger partial charge on any atom is -0.480 e. The number of hydrogen-bond acceptors (Lipinski definition) is 3. The zero-order valence-electron chi connectivity index (χ0n) is 8.66. The van der Waals surface area contributed by atoms with Gasteiger partial charge in [-0.1, -0.05) is 13.8 Å². The van der Waals surface area contributed by atoms with Gasteiger partial charge in [0.2, 0.25) is 5.88 Å². The minimum absolute atomic E-state index is 0.575. The standard InChI is InChI=1S/C10H16N2O/c1-7(2)5-9-10(13-4)12-8(3)6-11-9/h6-7H,5H2,1-4H3. The van der Waals surface area contributed by atoms with Crippen LogP contribution in [0.2, 0.25) is 0 Å². The predicted molar refractivity (Wildman–Crippen MR) is 51.9 cm³/mol. The summed E-state index contributed by atoms with van der Waals surface area (Å²) < 4.78 is 5.15. The van der Waals surface area contributed by atoms with Crippen LogP contribution in [0.3, 0.4) is 0 Å². The Labute approximate surface area is 79.2 Å². The molecule has 0 bridgehead atoms. The third-order valence-electron chi connectivity index (χ3n) is 1.73. The Hall–Kier alpha value is -1.12. The van der Waals surface area contributed by atoms with Crippen LogP contribution in [0.1, 0.15) is 25.2 Å². The predicted octanol–water partition coefficient (Wildman–Crippen LogP) is 1.99. The average Bonchev–Trinajstić information content (AvgIpc) is 2.07. The number of nitrogens with zero attached hydrogens (tertiary/aromatic N) is 2. The van der Waals surface area contributed by atoms with Crippen molar-refractivity contribution in [2.24, 2.45) is 5.92 Å². The molecule has 0 aliphatic carbocycles. The van der Waals surface area contributed by atoms with E-state index in [4.69, 9.17) is 4.74 Å². The summed E-state index contributed by atoms with van der Waals surface area (Å²) in [7, 11) is 1.63. The molecular weight excluding hydrogens is 164 g/mol. The second-order valence-corrected chi connectivity index (χ2v) is 3.57. The molecule has 72 valence electrons. The summed E-state index contributed by atoms with van der Waals surface area (Å²) in [6, 6.07) is 0. The van der Waals surface area contributed by atoms with Crippen LogP contribution >= 0.6 is 0 Å². The van der Waals surface area contributed by atoms with Crippen LogP contribution in [0.25, 0.3) is 0 Å². The first-order valence-corrected chi connectivity index (χ1v) is 4.50. The summed E-state index contributed by atoms with van der Waals surface area (Å²) in [5.41, 5.74) is 1.84. The van der Waals surface area contributed by atoms with Gasteiger partial charge in [0.25, 0.3) is 0 Å². The summed E-state index contributed by atoms with van der Waals surface area (Å²) in [5, 5.41) is 0. The smallest absolute Gasteiger partial charge is 0.235 e. The lowest BCUT2D eigenvalue weighted by atomic mass is 10.1. The normalized spacial score (nSPS) is 10.5. The van der Waals surface area contributed by atoms with E-state index in [9.17, 15) is 0 Å². The van der Waals surface area contributed by atoms with Gasteiger partial charge in [-0.2, -0.15) is 0 Å². The lowest BCUT2D eigenvalue weighted by Crippen LogP contribution is -2.03. The van der Waals surface area contributed by atoms with E-state index >= 15 is 0 Å². The Bertz CT molecular complexity index is 284. The highest BCUT2D eigenvalue weighted by Gasteiger charge is 2.07. The highest BCUT2D eigenvalue weighted by atomic mass is 16.5. The van der Waals surface area contributed by atoms with Crippen molar-refractivity contribution >= 4 is 0 Å². The maximum Gasteiger partial charge on any atom is 0.235 e. The van der Waals surface area contributed by atoms with E-state index in [1.54, 1.807) is 13.3 Å². The topological polar surface area (TPSA) is 35.0 Å². The Kier molecular flexibility index (Phi) is 3.23. The number of aromatic nitrogens is 2. The van der Waals surface area contributed by atoms with Crippen molar-refractivity contribution < 1.29 is 4.74 Å². The van der Waals surface area contributed by atoms with Crippen LogP contribution in [0.15, 0.2) is 6.20 Å². The van der Waals surface area contributed by atoms with Crippen LogP contribution in [0.4, 0.5) is 0 Å². The van der Waals surface area contributed by atoms with Gasteiger partial charge in [0.1, 0.15) is 5.69 Å². The molecule has 0 aliphatic heterocycles. The monoisotopic (exact) mass is 180 g/mol. The van der Waals surface area contributed by atoms with Gasteiger partial charge < -0.3 is 4.74 Å². The maximum absolute atomic E-state index is 5.15. The van der Waals surface area contributed by atoms with Crippen molar-refractivity contribution in [3.05, 3.63) is 17.6 Å². The van der Waals surface area contributed by atoms with E-state index in [0.717, 1.165) is 17.8 Å².